The molecule has 0 aromatic carbocycles. The van der Waals surface area contributed by atoms with Crippen LogP contribution in [0.4, 0.5) is 0 Å². The second-order valence-corrected chi connectivity index (χ2v) is 4.78. The van der Waals surface area contributed by atoms with E-state index in [2.05, 4.69) is 11.9 Å². The van der Waals surface area contributed by atoms with Crippen molar-refractivity contribution in [1.82, 2.24) is 4.98 Å². The van der Waals surface area contributed by atoms with Gasteiger partial charge in [-0.3, -0.25) is 0 Å². The molecule has 0 bridgehead atoms. The van der Waals surface area contributed by atoms with Crippen molar-refractivity contribution in [2.75, 3.05) is 5.75 Å². The number of rotatable bonds is 5. The van der Waals surface area contributed by atoms with Crippen LogP contribution in [0.25, 0.3) is 0 Å². The molecule has 0 aliphatic heterocycles. The lowest BCUT2D eigenvalue weighted by molar-refractivity contribution is 1.09. The summed E-state index contributed by atoms with van der Waals surface area (Å²) < 4.78 is 0. The second kappa shape index (κ2) is 5.56. The zero-order chi connectivity index (χ0) is 8.81. The van der Waals surface area contributed by atoms with Gasteiger partial charge < -0.3 is 5.73 Å². The molecule has 12 heavy (non-hydrogen) atoms. The molecule has 1 heterocycles. The fourth-order valence-electron chi connectivity index (χ4n) is 0.813. The molecule has 1 aromatic rings. The van der Waals surface area contributed by atoms with E-state index in [1.807, 2.05) is 18.0 Å². The van der Waals surface area contributed by atoms with Crippen molar-refractivity contribution in [2.45, 2.75) is 25.6 Å². The average molecular weight is 202 g/mol. The molecule has 0 unspecified atom stereocenters. The fraction of sp³-hybridized carbons (Fsp3) is 0.625. The van der Waals surface area contributed by atoms with Crippen LogP contribution < -0.4 is 5.73 Å². The van der Waals surface area contributed by atoms with Gasteiger partial charge in [0.2, 0.25) is 0 Å². The Morgan fingerprint density at radius 1 is 1.67 bits per heavy atom. The summed E-state index contributed by atoms with van der Waals surface area (Å²) in [5, 5.41) is 1.20. The summed E-state index contributed by atoms with van der Waals surface area (Å²) in [6.07, 6.45) is 3.12. The van der Waals surface area contributed by atoms with Gasteiger partial charge >= 0.3 is 0 Å². The first-order chi connectivity index (χ1) is 5.86. The maximum Gasteiger partial charge on any atom is 0.103 e. The topological polar surface area (TPSA) is 38.9 Å². The molecule has 4 heteroatoms. The summed E-state index contributed by atoms with van der Waals surface area (Å²) in [5.74, 6) is 2.26. The number of hydrogen-bond donors (Lipinski definition) is 1. The molecule has 68 valence electrons. The lowest BCUT2D eigenvalue weighted by Crippen LogP contribution is -1.91. The van der Waals surface area contributed by atoms with E-state index >= 15 is 0 Å². The monoisotopic (exact) mass is 202 g/mol. The lowest BCUT2D eigenvalue weighted by atomic mass is 10.6. The number of nitrogens with zero attached hydrogens (tertiary/aromatic N) is 1. The van der Waals surface area contributed by atoms with E-state index in [1.165, 1.54) is 22.1 Å². The minimum Gasteiger partial charge on any atom is -0.326 e. The molecule has 0 fully saturated rings. The van der Waals surface area contributed by atoms with Crippen LogP contribution in [-0.4, -0.2) is 10.7 Å². The van der Waals surface area contributed by atoms with Crippen molar-refractivity contribution in [2.24, 2.45) is 5.73 Å². The molecule has 0 saturated carbocycles. The van der Waals surface area contributed by atoms with Gasteiger partial charge in [-0.25, -0.2) is 4.98 Å². The number of thioether (sulfide) groups is 1. The minimum atomic E-state index is 0.621. The SMILES string of the molecule is CCCSCc1ncc(CN)s1. The molecule has 0 spiro atoms. The summed E-state index contributed by atoms with van der Waals surface area (Å²) in [7, 11) is 0. The van der Waals surface area contributed by atoms with Crippen LogP contribution in [0.5, 0.6) is 0 Å². The van der Waals surface area contributed by atoms with Crippen LogP contribution in [-0.2, 0) is 12.3 Å². The summed E-state index contributed by atoms with van der Waals surface area (Å²) in [6, 6.07) is 0. The van der Waals surface area contributed by atoms with E-state index in [4.69, 9.17) is 5.73 Å². The van der Waals surface area contributed by atoms with Gasteiger partial charge in [0, 0.05) is 23.4 Å². The lowest BCUT2D eigenvalue weighted by Gasteiger charge is -1.93. The maximum atomic E-state index is 5.48. The zero-order valence-corrected chi connectivity index (χ0v) is 8.88. The largest absolute Gasteiger partial charge is 0.326 e. The molecule has 2 nitrogen and oxygen atoms in total. The highest BCUT2D eigenvalue weighted by Gasteiger charge is 1.99. The second-order valence-electron chi connectivity index (χ2n) is 2.48. The Hall–Kier alpha value is -0.0600. The van der Waals surface area contributed by atoms with Crippen LogP contribution in [0, 0.1) is 0 Å². The Kier molecular flexibility index (Phi) is 4.65. The Morgan fingerprint density at radius 2 is 2.50 bits per heavy atom. The third-order valence-electron chi connectivity index (χ3n) is 1.38. The summed E-state index contributed by atoms with van der Waals surface area (Å²) >= 11 is 3.66. The van der Waals surface area contributed by atoms with Gasteiger partial charge in [-0.15, -0.1) is 11.3 Å². The standard InChI is InChI=1S/C8H14N2S2/c1-2-3-11-6-8-10-5-7(4-9)12-8/h5H,2-4,6,9H2,1H3. The average Bonchev–Trinajstić information content (AvgIpc) is 2.53. The molecule has 0 radical (unpaired) electrons. The Balaban J connectivity index is 2.31. The van der Waals surface area contributed by atoms with E-state index in [0.717, 1.165) is 5.75 Å². The van der Waals surface area contributed by atoms with Gasteiger partial charge in [0.15, 0.2) is 0 Å². The summed E-state index contributed by atoms with van der Waals surface area (Å²) in [5.41, 5.74) is 5.48. The van der Waals surface area contributed by atoms with Gasteiger partial charge in [0.1, 0.15) is 5.01 Å². The van der Waals surface area contributed by atoms with Gasteiger partial charge in [-0.05, 0) is 12.2 Å². The van der Waals surface area contributed by atoms with Gasteiger partial charge in [-0.1, -0.05) is 6.92 Å². The van der Waals surface area contributed by atoms with Crippen molar-refractivity contribution in [3.05, 3.63) is 16.1 Å². The summed E-state index contributed by atoms with van der Waals surface area (Å²) in [6.45, 7) is 2.82. The molecule has 1 rings (SSSR count). The van der Waals surface area contributed by atoms with E-state index in [1.54, 1.807) is 11.3 Å². The first-order valence-electron chi connectivity index (χ1n) is 4.08. The Bertz CT molecular complexity index is 223. The van der Waals surface area contributed by atoms with Gasteiger partial charge in [0.05, 0.1) is 0 Å². The fourth-order valence-corrected chi connectivity index (χ4v) is 2.58. The highest BCUT2D eigenvalue weighted by atomic mass is 32.2. The van der Waals surface area contributed by atoms with Crippen LogP contribution in [0.1, 0.15) is 23.2 Å². The predicted molar refractivity (Wildman–Crippen MR) is 56.5 cm³/mol. The molecule has 2 N–H and O–H groups in total. The smallest absolute Gasteiger partial charge is 0.103 e. The van der Waals surface area contributed by atoms with Crippen LogP contribution in [0.15, 0.2) is 6.20 Å². The van der Waals surface area contributed by atoms with Crippen LogP contribution in [0.3, 0.4) is 0 Å². The third-order valence-corrected chi connectivity index (χ3v) is 3.75. The van der Waals surface area contributed by atoms with Crippen molar-refractivity contribution >= 4 is 23.1 Å². The number of hydrogen-bond acceptors (Lipinski definition) is 4. The van der Waals surface area contributed by atoms with Crippen molar-refractivity contribution in [3.8, 4) is 0 Å². The van der Waals surface area contributed by atoms with Crippen molar-refractivity contribution in [1.29, 1.82) is 0 Å². The quantitative estimate of drug-likeness (QED) is 0.744. The molecule has 0 saturated heterocycles. The zero-order valence-electron chi connectivity index (χ0n) is 7.25. The highest BCUT2D eigenvalue weighted by Crippen LogP contribution is 2.18. The Morgan fingerprint density at radius 3 is 3.08 bits per heavy atom. The van der Waals surface area contributed by atoms with Gasteiger partial charge in [-0.2, -0.15) is 11.8 Å². The molecule has 0 aliphatic carbocycles. The third kappa shape index (κ3) is 3.13. The minimum absolute atomic E-state index is 0.621. The Labute approximate surface area is 81.6 Å². The van der Waals surface area contributed by atoms with Crippen LogP contribution >= 0.6 is 23.1 Å². The number of aromatic nitrogens is 1. The van der Waals surface area contributed by atoms with E-state index in [-0.39, 0.29) is 0 Å². The van der Waals surface area contributed by atoms with E-state index in [0.29, 0.717) is 6.54 Å². The molecular weight excluding hydrogens is 188 g/mol. The normalized spacial score (nSPS) is 10.5. The number of nitrogens with two attached hydrogens (primary N) is 1. The van der Waals surface area contributed by atoms with Gasteiger partial charge in [0.25, 0.3) is 0 Å². The van der Waals surface area contributed by atoms with E-state index in [9.17, 15) is 0 Å². The number of thiazole rings is 1. The first-order valence-corrected chi connectivity index (χ1v) is 6.05. The molecule has 0 amide bonds. The molecule has 1 aromatic heterocycles. The maximum absolute atomic E-state index is 5.48. The van der Waals surface area contributed by atoms with Crippen molar-refractivity contribution < 1.29 is 0 Å². The van der Waals surface area contributed by atoms with Crippen molar-refractivity contribution in [3.63, 3.8) is 0 Å². The predicted octanol–water partition coefficient (Wildman–Crippen LogP) is 2.25. The highest BCUT2D eigenvalue weighted by molar-refractivity contribution is 7.98. The van der Waals surface area contributed by atoms with Crippen LogP contribution in [0.2, 0.25) is 0 Å². The summed E-state index contributed by atoms with van der Waals surface area (Å²) in [4.78, 5) is 5.46. The molecule has 0 atom stereocenters. The molecule has 0 aliphatic rings. The first kappa shape index (κ1) is 10.0. The molecular formula is C8H14N2S2. The van der Waals surface area contributed by atoms with E-state index < -0.39 is 0 Å².